The van der Waals surface area contributed by atoms with Gasteiger partial charge in [-0.05, 0) is 31.0 Å². The van der Waals surface area contributed by atoms with Crippen LogP contribution in [0.5, 0.6) is 0 Å². The standard InChI is InChI=1S/C16H16N4O4/c1-9(21)17-11-3-2-4-12(7-11)18-15(23)13-8-24-16(19-13)20-14(22)10-5-6-10/h2-4,7-8,10H,5-6H2,1H3,(H,17,21)(H,18,23)(H,19,20,22). The molecule has 1 saturated carbocycles. The highest BCUT2D eigenvalue weighted by molar-refractivity contribution is 6.03. The van der Waals surface area contributed by atoms with Crippen molar-refractivity contribution in [3.63, 3.8) is 0 Å². The zero-order valence-corrected chi connectivity index (χ0v) is 13.0. The molecule has 0 unspecified atom stereocenters. The van der Waals surface area contributed by atoms with Gasteiger partial charge in [0.15, 0.2) is 5.69 Å². The fourth-order valence-electron chi connectivity index (χ4n) is 2.06. The lowest BCUT2D eigenvalue weighted by atomic mass is 10.2. The van der Waals surface area contributed by atoms with Crippen molar-refractivity contribution >= 4 is 35.1 Å². The second-order valence-electron chi connectivity index (χ2n) is 5.52. The van der Waals surface area contributed by atoms with Crippen LogP contribution in [0.3, 0.4) is 0 Å². The van der Waals surface area contributed by atoms with E-state index >= 15 is 0 Å². The maximum absolute atomic E-state index is 12.2. The highest BCUT2D eigenvalue weighted by atomic mass is 16.4. The van der Waals surface area contributed by atoms with Crippen molar-refractivity contribution < 1.29 is 18.8 Å². The van der Waals surface area contributed by atoms with Crippen molar-refractivity contribution in [3.05, 3.63) is 36.2 Å². The van der Waals surface area contributed by atoms with Crippen molar-refractivity contribution in [2.45, 2.75) is 19.8 Å². The summed E-state index contributed by atoms with van der Waals surface area (Å²) in [6, 6.07) is 6.71. The second kappa shape index (κ2) is 6.53. The number of nitrogens with zero attached hydrogens (tertiary/aromatic N) is 1. The average molecular weight is 328 g/mol. The molecule has 2 aromatic rings. The van der Waals surface area contributed by atoms with Gasteiger partial charge < -0.3 is 15.1 Å². The van der Waals surface area contributed by atoms with Crippen molar-refractivity contribution in [1.29, 1.82) is 0 Å². The first kappa shape index (κ1) is 15.7. The summed E-state index contributed by atoms with van der Waals surface area (Å²) in [5.41, 5.74) is 1.11. The fourth-order valence-corrected chi connectivity index (χ4v) is 2.06. The van der Waals surface area contributed by atoms with Gasteiger partial charge in [-0.15, -0.1) is 0 Å². The van der Waals surface area contributed by atoms with E-state index in [2.05, 4.69) is 20.9 Å². The normalized spacial score (nSPS) is 13.2. The van der Waals surface area contributed by atoms with Crippen LogP contribution >= 0.6 is 0 Å². The predicted octanol–water partition coefficient (Wildman–Crippen LogP) is 2.23. The molecule has 3 rings (SSSR count). The molecule has 0 spiro atoms. The predicted molar refractivity (Wildman–Crippen MR) is 86.6 cm³/mol. The zero-order chi connectivity index (χ0) is 17.1. The number of hydrogen-bond acceptors (Lipinski definition) is 5. The van der Waals surface area contributed by atoms with Crippen molar-refractivity contribution in [1.82, 2.24) is 4.98 Å². The summed E-state index contributed by atoms with van der Waals surface area (Å²) in [5, 5.41) is 7.81. The quantitative estimate of drug-likeness (QED) is 0.779. The molecular formula is C16H16N4O4. The van der Waals surface area contributed by atoms with Gasteiger partial charge in [-0.1, -0.05) is 6.07 Å². The molecule has 1 aliphatic rings. The first-order valence-corrected chi connectivity index (χ1v) is 7.46. The lowest BCUT2D eigenvalue weighted by Crippen LogP contribution is -2.15. The van der Waals surface area contributed by atoms with E-state index in [0.29, 0.717) is 11.4 Å². The summed E-state index contributed by atoms with van der Waals surface area (Å²) in [6.07, 6.45) is 2.91. The van der Waals surface area contributed by atoms with E-state index in [0.717, 1.165) is 12.8 Å². The molecule has 0 atom stereocenters. The lowest BCUT2D eigenvalue weighted by Gasteiger charge is -2.06. The maximum atomic E-state index is 12.2. The van der Waals surface area contributed by atoms with E-state index in [4.69, 9.17) is 4.42 Å². The Morgan fingerprint density at radius 3 is 2.50 bits per heavy atom. The molecule has 8 heteroatoms. The molecule has 3 N–H and O–H groups in total. The van der Waals surface area contributed by atoms with E-state index in [1.165, 1.54) is 13.2 Å². The SMILES string of the molecule is CC(=O)Nc1cccc(NC(=O)c2coc(NC(=O)C3CC3)n2)c1. The van der Waals surface area contributed by atoms with Crippen LogP contribution in [0, 0.1) is 5.92 Å². The van der Waals surface area contributed by atoms with Crippen LogP contribution in [0.1, 0.15) is 30.3 Å². The van der Waals surface area contributed by atoms with Gasteiger partial charge in [-0.25, -0.2) is 0 Å². The molecule has 1 aromatic heterocycles. The van der Waals surface area contributed by atoms with Crippen molar-refractivity contribution in [2.75, 3.05) is 16.0 Å². The van der Waals surface area contributed by atoms with Gasteiger partial charge in [-0.2, -0.15) is 4.98 Å². The Hall–Kier alpha value is -3.16. The number of carbonyl (C=O) groups is 3. The lowest BCUT2D eigenvalue weighted by molar-refractivity contribution is -0.117. The van der Waals surface area contributed by atoms with Crippen LogP contribution < -0.4 is 16.0 Å². The minimum Gasteiger partial charge on any atom is -0.431 e. The highest BCUT2D eigenvalue weighted by Gasteiger charge is 2.30. The largest absolute Gasteiger partial charge is 0.431 e. The summed E-state index contributed by atoms with van der Waals surface area (Å²) in [4.78, 5) is 38.8. The Morgan fingerprint density at radius 1 is 1.12 bits per heavy atom. The summed E-state index contributed by atoms with van der Waals surface area (Å²) < 4.78 is 5.09. The number of aromatic nitrogens is 1. The number of benzene rings is 1. The van der Waals surface area contributed by atoms with Gasteiger partial charge in [0.25, 0.3) is 5.91 Å². The molecule has 0 radical (unpaired) electrons. The van der Waals surface area contributed by atoms with Gasteiger partial charge in [0.2, 0.25) is 11.8 Å². The van der Waals surface area contributed by atoms with Gasteiger partial charge in [0.05, 0.1) is 0 Å². The highest BCUT2D eigenvalue weighted by Crippen LogP contribution is 2.30. The summed E-state index contributed by atoms with van der Waals surface area (Å²) in [7, 11) is 0. The number of nitrogens with one attached hydrogen (secondary N) is 3. The van der Waals surface area contributed by atoms with Gasteiger partial charge in [0.1, 0.15) is 6.26 Å². The van der Waals surface area contributed by atoms with Crippen LogP contribution in [-0.4, -0.2) is 22.7 Å². The first-order chi connectivity index (χ1) is 11.5. The topological polar surface area (TPSA) is 113 Å². The Kier molecular flexibility index (Phi) is 4.28. The Labute approximate surface area is 137 Å². The summed E-state index contributed by atoms with van der Waals surface area (Å²) in [5.74, 6) is -0.811. The summed E-state index contributed by atoms with van der Waals surface area (Å²) in [6.45, 7) is 1.40. The molecule has 0 aliphatic heterocycles. The van der Waals surface area contributed by atoms with E-state index in [9.17, 15) is 14.4 Å². The van der Waals surface area contributed by atoms with Crippen molar-refractivity contribution in [3.8, 4) is 0 Å². The minimum absolute atomic E-state index is 0.00375. The van der Waals surface area contributed by atoms with Crippen LogP contribution in [-0.2, 0) is 9.59 Å². The fraction of sp³-hybridized carbons (Fsp3) is 0.250. The smallest absolute Gasteiger partial charge is 0.302 e. The number of amides is 3. The first-order valence-electron chi connectivity index (χ1n) is 7.46. The number of anilines is 3. The zero-order valence-electron chi connectivity index (χ0n) is 13.0. The number of carbonyl (C=O) groups excluding carboxylic acids is 3. The van der Waals surface area contributed by atoms with E-state index < -0.39 is 5.91 Å². The molecular weight excluding hydrogens is 312 g/mol. The summed E-state index contributed by atoms with van der Waals surface area (Å²) >= 11 is 0. The Bertz CT molecular complexity index is 795. The molecule has 1 heterocycles. The third-order valence-electron chi connectivity index (χ3n) is 3.36. The number of hydrogen-bond donors (Lipinski definition) is 3. The molecule has 24 heavy (non-hydrogen) atoms. The van der Waals surface area contributed by atoms with Crippen molar-refractivity contribution in [2.24, 2.45) is 5.92 Å². The third kappa shape index (κ3) is 3.97. The number of oxazole rings is 1. The molecule has 1 fully saturated rings. The molecule has 1 aromatic carbocycles. The molecule has 8 nitrogen and oxygen atoms in total. The van der Waals surface area contributed by atoms with Crippen LogP contribution in [0.2, 0.25) is 0 Å². The van der Waals surface area contributed by atoms with E-state index in [1.54, 1.807) is 24.3 Å². The van der Waals surface area contributed by atoms with E-state index in [1.807, 2.05) is 0 Å². The Morgan fingerprint density at radius 2 is 1.83 bits per heavy atom. The van der Waals surface area contributed by atoms with Crippen LogP contribution in [0.25, 0.3) is 0 Å². The molecule has 0 bridgehead atoms. The minimum atomic E-state index is -0.481. The van der Waals surface area contributed by atoms with Crippen LogP contribution in [0.15, 0.2) is 34.9 Å². The average Bonchev–Trinajstić information content (AvgIpc) is 3.27. The second-order valence-corrected chi connectivity index (χ2v) is 5.52. The number of rotatable bonds is 5. The van der Waals surface area contributed by atoms with Gasteiger partial charge in [0, 0.05) is 24.2 Å². The molecule has 1 aliphatic carbocycles. The monoisotopic (exact) mass is 328 g/mol. The molecule has 124 valence electrons. The van der Waals surface area contributed by atoms with Gasteiger partial charge >= 0.3 is 6.01 Å². The molecule has 3 amide bonds. The Balaban J connectivity index is 1.63. The third-order valence-corrected chi connectivity index (χ3v) is 3.36. The van der Waals surface area contributed by atoms with Crippen LogP contribution in [0.4, 0.5) is 17.4 Å². The maximum Gasteiger partial charge on any atom is 0.302 e. The molecule has 0 saturated heterocycles. The van der Waals surface area contributed by atoms with E-state index in [-0.39, 0.29) is 29.4 Å². The van der Waals surface area contributed by atoms with Gasteiger partial charge in [-0.3, -0.25) is 19.7 Å².